The van der Waals surface area contributed by atoms with Crippen molar-refractivity contribution < 1.29 is 28.2 Å². The van der Waals surface area contributed by atoms with E-state index in [1.54, 1.807) is 55.5 Å². The van der Waals surface area contributed by atoms with Crippen molar-refractivity contribution in [3.63, 3.8) is 0 Å². The summed E-state index contributed by atoms with van der Waals surface area (Å²) in [5.74, 6) is 0.344. The number of hydrogen-bond acceptors (Lipinski definition) is 9. The van der Waals surface area contributed by atoms with Crippen molar-refractivity contribution in [2.75, 3.05) is 13.7 Å². The first-order valence-electron chi connectivity index (χ1n) is 12.7. The first-order chi connectivity index (χ1) is 20.2. The van der Waals surface area contributed by atoms with E-state index in [0.717, 1.165) is 16.9 Å². The van der Waals surface area contributed by atoms with Crippen LogP contribution in [-0.2, 0) is 14.3 Å². The Morgan fingerprint density at radius 2 is 1.98 bits per heavy atom. The number of carbonyl (C=O) groups is 2. The molecule has 4 aromatic rings. The second kappa shape index (κ2) is 12.1. The maximum Gasteiger partial charge on any atom is 0.338 e. The van der Waals surface area contributed by atoms with Crippen molar-refractivity contribution >= 4 is 41.0 Å². The number of nitrogens with zero attached hydrogens (tertiary/aromatic N) is 2. The molecule has 214 valence electrons. The largest absolute Gasteiger partial charge is 0.493 e. The third-order valence-electron chi connectivity index (χ3n) is 6.34. The summed E-state index contributed by atoms with van der Waals surface area (Å²) in [5, 5.41) is 0.578. The lowest BCUT2D eigenvalue weighted by Crippen LogP contribution is -2.40. The highest BCUT2D eigenvalue weighted by atomic mass is 35.5. The topological polar surface area (TPSA) is 109 Å². The van der Waals surface area contributed by atoms with Crippen molar-refractivity contribution in [1.82, 2.24) is 4.57 Å². The van der Waals surface area contributed by atoms with E-state index in [4.69, 9.17) is 30.2 Å². The number of rotatable bonds is 8. The Hall–Kier alpha value is -4.67. The Kier molecular flexibility index (Phi) is 8.28. The molecule has 0 N–H and O–H groups in total. The molecule has 1 aliphatic heterocycles. The van der Waals surface area contributed by atoms with Gasteiger partial charge in [0.2, 0.25) is 0 Å². The van der Waals surface area contributed by atoms with Crippen LogP contribution in [0.3, 0.4) is 0 Å². The standard InChI is InChI=1S/C31H25ClN2O7S/c1-5-13-39-30(37)27-17(2)33-31-34(28(27)20-9-11-24(40-18(3)35)25(15-20)38-4)29(36)26(42-31)16-22-10-12-23(41-22)19-7-6-8-21(32)14-19/h5-12,14-16,28H,1,13H2,2-4H3/b26-16-. The minimum atomic E-state index is -0.903. The molecular formula is C31H25ClN2O7S. The number of halogens is 1. The molecule has 0 radical (unpaired) electrons. The van der Waals surface area contributed by atoms with Crippen LogP contribution in [0, 0.1) is 0 Å². The zero-order valence-corrected chi connectivity index (χ0v) is 24.5. The van der Waals surface area contributed by atoms with Crippen molar-refractivity contribution in [2.45, 2.75) is 19.9 Å². The van der Waals surface area contributed by atoms with Gasteiger partial charge >= 0.3 is 11.9 Å². The van der Waals surface area contributed by atoms with Crippen molar-refractivity contribution in [1.29, 1.82) is 0 Å². The number of hydrogen-bond donors (Lipinski definition) is 0. The van der Waals surface area contributed by atoms with Crippen LogP contribution in [0.5, 0.6) is 11.5 Å². The van der Waals surface area contributed by atoms with Crippen LogP contribution in [0.1, 0.15) is 31.2 Å². The third-order valence-corrected chi connectivity index (χ3v) is 7.56. The van der Waals surface area contributed by atoms with Crippen LogP contribution in [0.15, 0.2) is 92.7 Å². The molecule has 1 aliphatic rings. The van der Waals surface area contributed by atoms with E-state index in [9.17, 15) is 14.4 Å². The Morgan fingerprint density at radius 1 is 1.17 bits per heavy atom. The number of carbonyl (C=O) groups excluding carboxylic acids is 2. The Balaban J connectivity index is 1.65. The monoisotopic (exact) mass is 604 g/mol. The summed E-state index contributed by atoms with van der Waals surface area (Å²) in [6, 6.07) is 14.7. The van der Waals surface area contributed by atoms with Gasteiger partial charge in [-0.1, -0.05) is 53.8 Å². The van der Waals surface area contributed by atoms with Gasteiger partial charge in [0.05, 0.1) is 29.0 Å². The van der Waals surface area contributed by atoms with E-state index in [-0.39, 0.29) is 29.2 Å². The van der Waals surface area contributed by atoms with Gasteiger partial charge in [-0.3, -0.25) is 14.2 Å². The van der Waals surface area contributed by atoms with E-state index in [2.05, 4.69) is 11.6 Å². The summed E-state index contributed by atoms with van der Waals surface area (Å²) in [6.07, 6.45) is 3.09. The normalized spacial score (nSPS) is 14.7. The second-order valence-corrected chi connectivity index (χ2v) is 10.6. The fourth-order valence-corrected chi connectivity index (χ4v) is 5.78. The Bertz CT molecular complexity index is 1930. The first kappa shape index (κ1) is 28.8. The lowest BCUT2D eigenvalue weighted by molar-refractivity contribution is -0.138. The summed E-state index contributed by atoms with van der Waals surface area (Å²) in [7, 11) is 1.43. The fourth-order valence-electron chi connectivity index (χ4n) is 4.56. The van der Waals surface area contributed by atoms with Crippen molar-refractivity contribution in [2.24, 2.45) is 4.99 Å². The molecule has 0 amide bonds. The summed E-state index contributed by atoms with van der Waals surface area (Å²) in [5.41, 5.74) is 1.52. The molecule has 0 bridgehead atoms. The molecule has 0 aliphatic carbocycles. The molecule has 2 aromatic heterocycles. The molecule has 0 saturated carbocycles. The van der Waals surface area contributed by atoms with Gasteiger partial charge in [0.25, 0.3) is 5.56 Å². The number of allylic oxidation sites excluding steroid dienone is 1. The van der Waals surface area contributed by atoms with Crippen LogP contribution in [0.2, 0.25) is 5.02 Å². The predicted octanol–water partition coefficient (Wildman–Crippen LogP) is 4.81. The molecule has 0 saturated heterocycles. The zero-order chi connectivity index (χ0) is 30.0. The minimum absolute atomic E-state index is 0.0189. The maximum atomic E-state index is 13.9. The molecule has 1 atom stereocenters. The highest BCUT2D eigenvalue weighted by Crippen LogP contribution is 2.36. The van der Waals surface area contributed by atoms with E-state index < -0.39 is 18.0 Å². The molecule has 11 heteroatoms. The number of ether oxygens (including phenoxy) is 3. The van der Waals surface area contributed by atoms with Gasteiger partial charge in [0.15, 0.2) is 16.3 Å². The van der Waals surface area contributed by atoms with Crippen molar-refractivity contribution in [3.05, 3.63) is 115 Å². The molecule has 3 heterocycles. The van der Waals surface area contributed by atoms with Crippen LogP contribution in [0.4, 0.5) is 0 Å². The summed E-state index contributed by atoms with van der Waals surface area (Å²) in [6.45, 7) is 6.54. The number of aromatic nitrogens is 1. The highest BCUT2D eigenvalue weighted by molar-refractivity contribution is 7.07. The molecule has 9 nitrogen and oxygen atoms in total. The number of esters is 2. The van der Waals surface area contributed by atoms with Gasteiger partial charge < -0.3 is 18.6 Å². The number of methoxy groups -OCH3 is 1. The maximum absolute atomic E-state index is 13.9. The van der Waals surface area contributed by atoms with E-state index in [0.29, 0.717) is 37.1 Å². The van der Waals surface area contributed by atoms with Crippen LogP contribution in [0.25, 0.3) is 17.4 Å². The average molecular weight is 605 g/mol. The van der Waals surface area contributed by atoms with Gasteiger partial charge in [0, 0.05) is 23.6 Å². The fraction of sp³-hybridized carbons (Fsp3) is 0.161. The van der Waals surface area contributed by atoms with E-state index >= 15 is 0 Å². The van der Waals surface area contributed by atoms with E-state index in [1.807, 2.05) is 12.1 Å². The molecule has 2 aromatic carbocycles. The molecule has 0 fully saturated rings. The number of thiazole rings is 1. The summed E-state index contributed by atoms with van der Waals surface area (Å²) < 4.78 is 23.9. The van der Waals surface area contributed by atoms with Gasteiger partial charge in [-0.25, -0.2) is 9.79 Å². The average Bonchev–Trinajstić information content (AvgIpc) is 3.55. The smallest absolute Gasteiger partial charge is 0.338 e. The Labute approximate surface area is 249 Å². The number of fused-ring (bicyclic) bond motifs is 1. The second-order valence-electron chi connectivity index (χ2n) is 9.19. The van der Waals surface area contributed by atoms with Gasteiger partial charge in [-0.2, -0.15) is 0 Å². The minimum Gasteiger partial charge on any atom is -0.493 e. The molecule has 5 rings (SSSR count). The molecule has 0 spiro atoms. The van der Waals surface area contributed by atoms with Crippen LogP contribution in [-0.4, -0.2) is 30.2 Å². The van der Waals surface area contributed by atoms with Gasteiger partial charge in [-0.15, -0.1) is 0 Å². The highest BCUT2D eigenvalue weighted by Gasteiger charge is 2.34. The predicted molar refractivity (Wildman–Crippen MR) is 158 cm³/mol. The quantitative estimate of drug-likeness (QED) is 0.161. The first-order valence-corrected chi connectivity index (χ1v) is 13.9. The summed E-state index contributed by atoms with van der Waals surface area (Å²) >= 11 is 7.29. The lowest BCUT2D eigenvalue weighted by atomic mass is 9.95. The third kappa shape index (κ3) is 5.72. The van der Waals surface area contributed by atoms with Crippen LogP contribution >= 0.6 is 22.9 Å². The molecule has 1 unspecified atom stereocenters. The van der Waals surface area contributed by atoms with Crippen molar-refractivity contribution in [3.8, 4) is 22.8 Å². The lowest BCUT2D eigenvalue weighted by Gasteiger charge is -2.25. The Morgan fingerprint density at radius 3 is 2.69 bits per heavy atom. The van der Waals surface area contributed by atoms with Gasteiger partial charge in [0.1, 0.15) is 18.1 Å². The SMILES string of the molecule is C=CCOC(=O)C1=C(C)N=c2s/c(=C\c3ccc(-c4cccc(Cl)c4)o3)c(=O)n2C1c1ccc(OC(C)=O)c(OC)c1. The molecule has 42 heavy (non-hydrogen) atoms. The van der Waals surface area contributed by atoms with Gasteiger partial charge in [-0.05, 0) is 48.9 Å². The molecular weight excluding hydrogens is 580 g/mol. The van der Waals surface area contributed by atoms with Crippen LogP contribution < -0.4 is 24.4 Å². The number of furan rings is 1. The van der Waals surface area contributed by atoms with E-state index in [1.165, 1.54) is 24.7 Å². The number of benzene rings is 2. The summed E-state index contributed by atoms with van der Waals surface area (Å²) in [4.78, 5) is 43.7. The zero-order valence-electron chi connectivity index (χ0n) is 22.9.